The molecule has 0 N–H and O–H groups in total. The lowest BCUT2D eigenvalue weighted by Crippen LogP contribution is -2.48. The Morgan fingerprint density at radius 1 is 0.833 bits per heavy atom. The first-order valence-corrected chi connectivity index (χ1v) is 2.66. The Labute approximate surface area is 62.8 Å². The molecule has 0 spiro atoms. The summed E-state index contributed by atoms with van der Waals surface area (Å²) >= 11 is 0. The molecule has 0 aliphatic rings. The monoisotopic (exact) mass is 199 g/mol. The molecule has 0 saturated heterocycles. The average Bonchev–Trinajstić information content (AvgIpc) is 1.77. The van der Waals surface area contributed by atoms with Crippen LogP contribution in [0.25, 0.3) is 0 Å². The minimum Gasteiger partial charge on any atom is -0.250 e. The number of hydrogen-bond acceptors (Lipinski definition) is 1. The normalized spacial score (nSPS) is 14.0. The van der Waals surface area contributed by atoms with Crippen LogP contribution in [0.15, 0.2) is 0 Å². The summed E-state index contributed by atoms with van der Waals surface area (Å²) in [7, 11) is 0. The van der Waals surface area contributed by atoms with E-state index in [4.69, 9.17) is 0 Å². The minimum absolute atomic E-state index is 1.71. The van der Waals surface area contributed by atoms with Crippen molar-refractivity contribution >= 4 is 0 Å². The summed E-state index contributed by atoms with van der Waals surface area (Å²) in [4.78, 5) is -1.82. The number of nitrogens with zero attached hydrogens (tertiary/aromatic N) is 1. The van der Waals surface area contributed by atoms with Crippen molar-refractivity contribution in [3.05, 3.63) is 0 Å². The van der Waals surface area contributed by atoms with Crippen LogP contribution in [-0.4, -0.2) is 30.7 Å². The van der Waals surface area contributed by atoms with Crippen molar-refractivity contribution in [1.29, 1.82) is 0 Å². The van der Waals surface area contributed by atoms with Gasteiger partial charge in [-0.2, -0.15) is 26.3 Å². The van der Waals surface area contributed by atoms with Gasteiger partial charge >= 0.3 is 12.6 Å². The van der Waals surface area contributed by atoms with Crippen LogP contribution in [0.3, 0.4) is 0 Å². The molecule has 12 heavy (non-hydrogen) atoms. The van der Waals surface area contributed by atoms with Crippen molar-refractivity contribution in [3.8, 4) is 0 Å². The third-order valence-corrected chi connectivity index (χ3v) is 0.920. The van der Waals surface area contributed by atoms with Gasteiger partial charge in [0.05, 0.1) is 0 Å². The summed E-state index contributed by atoms with van der Waals surface area (Å²) in [5.74, 6) is 0. The molecule has 1 nitrogen and oxygen atoms in total. The largest absolute Gasteiger partial charge is 0.467 e. The van der Waals surface area contributed by atoms with E-state index in [9.17, 15) is 30.7 Å². The van der Waals surface area contributed by atoms with Crippen LogP contribution in [0.2, 0.25) is 0 Å². The second kappa shape index (κ2) is 3.46. The fraction of sp³-hybridized carbons (Fsp3) is 1.00. The highest BCUT2D eigenvalue weighted by atomic mass is 19.4. The summed E-state index contributed by atoms with van der Waals surface area (Å²) in [6.07, 6.45) is -11.2. The van der Waals surface area contributed by atoms with Crippen molar-refractivity contribution in [3.63, 3.8) is 0 Å². The summed E-state index contributed by atoms with van der Waals surface area (Å²) in [6, 6.07) is 0. The quantitative estimate of drug-likeness (QED) is 0.487. The van der Waals surface area contributed by atoms with Gasteiger partial charge in [0.2, 0.25) is 0 Å². The maximum atomic E-state index is 11.4. The summed E-state index contributed by atoms with van der Waals surface area (Å²) in [5.41, 5.74) is 0. The predicted molar refractivity (Wildman–Crippen MR) is 24.8 cm³/mol. The standard InChI is InChI=1S/C4H4F7N/c5-1-2-12(3(6,7)8)4(9,10)11/h1-2H2. The van der Waals surface area contributed by atoms with Crippen LogP contribution in [0, 0.1) is 0 Å². The first-order valence-electron chi connectivity index (χ1n) is 2.66. The van der Waals surface area contributed by atoms with Crippen molar-refractivity contribution in [2.75, 3.05) is 13.2 Å². The van der Waals surface area contributed by atoms with Gasteiger partial charge < -0.3 is 0 Å². The van der Waals surface area contributed by atoms with Gasteiger partial charge in [0.25, 0.3) is 0 Å². The molecule has 0 rings (SSSR count). The predicted octanol–water partition coefficient (Wildman–Crippen LogP) is 2.30. The smallest absolute Gasteiger partial charge is 0.250 e. The topological polar surface area (TPSA) is 3.24 Å². The Morgan fingerprint density at radius 3 is 1.25 bits per heavy atom. The molecule has 0 bridgehead atoms. The fourth-order valence-corrected chi connectivity index (χ4v) is 0.482. The molecule has 0 aromatic rings. The van der Waals surface area contributed by atoms with Crippen LogP contribution < -0.4 is 0 Å². The van der Waals surface area contributed by atoms with Crippen molar-refractivity contribution in [2.24, 2.45) is 0 Å². The van der Waals surface area contributed by atoms with Gasteiger partial charge in [0, 0.05) is 6.54 Å². The molecular weight excluding hydrogens is 195 g/mol. The number of rotatable bonds is 2. The van der Waals surface area contributed by atoms with E-state index in [0.717, 1.165) is 0 Å². The number of hydrogen-bond donors (Lipinski definition) is 0. The number of halogens is 7. The second-order valence-electron chi connectivity index (χ2n) is 1.78. The molecule has 0 aromatic carbocycles. The van der Waals surface area contributed by atoms with Gasteiger partial charge in [-0.3, -0.25) is 0 Å². The SMILES string of the molecule is FCCN(C(F)(F)F)C(F)(F)F. The first-order chi connectivity index (χ1) is 5.19. The van der Waals surface area contributed by atoms with Crippen molar-refractivity contribution in [1.82, 2.24) is 4.90 Å². The summed E-state index contributed by atoms with van der Waals surface area (Å²) in [5, 5.41) is 0. The molecule has 0 aromatic heterocycles. The van der Waals surface area contributed by atoms with Crippen LogP contribution in [0.5, 0.6) is 0 Å². The lowest BCUT2D eigenvalue weighted by Gasteiger charge is -2.25. The third-order valence-electron chi connectivity index (χ3n) is 0.920. The Hall–Kier alpha value is -0.530. The highest BCUT2D eigenvalue weighted by Gasteiger charge is 2.53. The van der Waals surface area contributed by atoms with E-state index >= 15 is 0 Å². The van der Waals surface area contributed by atoms with E-state index in [1.165, 1.54) is 0 Å². The molecular formula is C4H4F7N. The lowest BCUT2D eigenvalue weighted by atomic mass is 10.6. The van der Waals surface area contributed by atoms with Crippen LogP contribution in [-0.2, 0) is 0 Å². The first kappa shape index (κ1) is 11.5. The van der Waals surface area contributed by atoms with E-state index in [1.54, 1.807) is 0 Å². The molecule has 0 aliphatic heterocycles. The van der Waals surface area contributed by atoms with E-state index in [0.29, 0.717) is 0 Å². The van der Waals surface area contributed by atoms with Crippen LogP contribution >= 0.6 is 0 Å². The van der Waals surface area contributed by atoms with Gasteiger partial charge in [0.15, 0.2) is 0 Å². The van der Waals surface area contributed by atoms with E-state index in [-0.39, 0.29) is 0 Å². The maximum Gasteiger partial charge on any atom is 0.467 e. The molecule has 0 fully saturated rings. The number of alkyl halides is 7. The van der Waals surface area contributed by atoms with Gasteiger partial charge in [0.1, 0.15) is 6.67 Å². The molecule has 74 valence electrons. The molecule has 0 atom stereocenters. The highest BCUT2D eigenvalue weighted by molar-refractivity contribution is 4.62. The average molecular weight is 199 g/mol. The minimum atomic E-state index is -5.58. The van der Waals surface area contributed by atoms with Gasteiger partial charge in [-0.1, -0.05) is 0 Å². The Morgan fingerprint density at radius 2 is 1.17 bits per heavy atom. The Balaban J connectivity index is 4.45. The lowest BCUT2D eigenvalue weighted by molar-refractivity contribution is -0.373. The Kier molecular flexibility index (Phi) is 3.31. The third kappa shape index (κ3) is 3.24. The van der Waals surface area contributed by atoms with Gasteiger partial charge in [-0.25, -0.2) is 4.39 Å². The highest BCUT2D eigenvalue weighted by Crippen LogP contribution is 2.32. The molecule has 0 amide bonds. The molecule has 0 aliphatic carbocycles. The summed E-state index contributed by atoms with van der Waals surface area (Å²) < 4.78 is 79.9. The molecule has 0 radical (unpaired) electrons. The molecule has 8 heteroatoms. The zero-order valence-electron chi connectivity index (χ0n) is 5.51. The van der Waals surface area contributed by atoms with Gasteiger partial charge in [-0.05, 0) is 0 Å². The van der Waals surface area contributed by atoms with Crippen molar-refractivity contribution in [2.45, 2.75) is 12.6 Å². The van der Waals surface area contributed by atoms with Crippen molar-refractivity contribution < 1.29 is 30.7 Å². The maximum absolute atomic E-state index is 11.4. The zero-order chi connectivity index (χ0) is 9.99. The Bertz CT molecular complexity index is 121. The molecule has 0 saturated carbocycles. The van der Waals surface area contributed by atoms with E-state index in [2.05, 4.69) is 0 Å². The van der Waals surface area contributed by atoms with Crippen LogP contribution in [0.1, 0.15) is 0 Å². The molecule has 0 unspecified atom stereocenters. The second-order valence-corrected chi connectivity index (χ2v) is 1.78. The van der Waals surface area contributed by atoms with E-state index in [1.807, 2.05) is 0 Å². The van der Waals surface area contributed by atoms with E-state index < -0.39 is 30.7 Å². The fourth-order valence-electron chi connectivity index (χ4n) is 0.482. The molecule has 0 heterocycles. The van der Waals surface area contributed by atoms with Gasteiger partial charge in [-0.15, -0.1) is 4.90 Å². The zero-order valence-corrected chi connectivity index (χ0v) is 5.51. The summed E-state index contributed by atoms with van der Waals surface area (Å²) in [6.45, 7) is -3.44. The van der Waals surface area contributed by atoms with Crippen LogP contribution in [0.4, 0.5) is 30.7 Å².